The summed E-state index contributed by atoms with van der Waals surface area (Å²) in [6.07, 6.45) is 0.538. The number of nitrogens with two attached hydrogens (primary N) is 1. The van der Waals surface area contributed by atoms with E-state index in [1.807, 2.05) is 31.2 Å². The van der Waals surface area contributed by atoms with Crippen molar-refractivity contribution in [1.29, 1.82) is 0 Å². The smallest absolute Gasteiger partial charge is 0.123 e. The van der Waals surface area contributed by atoms with Crippen molar-refractivity contribution < 1.29 is 13.5 Å². The summed E-state index contributed by atoms with van der Waals surface area (Å²) < 4.78 is 33.0. The second-order valence-electron chi connectivity index (χ2n) is 7.19. The third-order valence-corrected chi connectivity index (χ3v) is 4.70. The molecule has 3 rings (SSSR count). The Labute approximate surface area is 170 Å². The Morgan fingerprint density at radius 1 is 0.897 bits per heavy atom. The van der Waals surface area contributed by atoms with Gasteiger partial charge in [-0.25, -0.2) is 8.78 Å². The summed E-state index contributed by atoms with van der Waals surface area (Å²) in [5.41, 5.74) is 9.33. The van der Waals surface area contributed by atoms with Crippen LogP contribution in [0.4, 0.5) is 8.78 Å². The van der Waals surface area contributed by atoms with E-state index in [0.717, 1.165) is 22.3 Å². The Morgan fingerprint density at radius 3 is 2.28 bits per heavy atom. The van der Waals surface area contributed by atoms with Gasteiger partial charge in [-0.05, 0) is 59.5 Å². The quantitative estimate of drug-likeness (QED) is 0.557. The van der Waals surface area contributed by atoms with Crippen molar-refractivity contribution in [3.63, 3.8) is 0 Å². The van der Waals surface area contributed by atoms with Crippen LogP contribution in [0, 0.1) is 11.6 Å². The maximum atomic E-state index is 13.6. The van der Waals surface area contributed by atoms with Gasteiger partial charge in [0, 0.05) is 25.6 Å². The third kappa shape index (κ3) is 6.38. The van der Waals surface area contributed by atoms with Crippen LogP contribution in [0.25, 0.3) is 0 Å². The predicted molar refractivity (Wildman–Crippen MR) is 112 cm³/mol. The highest BCUT2D eigenvalue weighted by Crippen LogP contribution is 2.25. The Bertz CT molecular complexity index is 946. The second kappa shape index (κ2) is 10.1. The fraction of sp³-hybridized carbons (Fsp3) is 0.250. The molecule has 0 bridgehead atoms. The van der Waals surface area contributed by atoms with Crippen LogP contribution >= 0.6 is 0 Å². The molecule has 0 fully saturated rings. The highest BCUT2D eigenvalue weighted by atomic mass is 19.1. The van der Waals surface area contributed by atoms with Gasteiger partial charge in [0.25, 0.3) is 0 Å². The van der Waals surface area contributed by atoms with Gasteiger partial charge in [0.15, 0.2) is 0 Å². The van der Waals surface area contributed by atoms with Crippen LogP contribution in [0.15, 0.2) is 66.7 Å². The largest absolute Gasteiger partial charge is 0.489 e. The molecule has 0 radical (unpaired) electrons. The van der Waals surface area contributed by atoms with Crippen molar-refractivity contribution in [2.24, 2.45) is 5.73 Å². The van der Waals surface area contributed by atoms with Gasteiger partial charge in [-0.2, -0.15) is 0 Å². The van der Waals surface area contributed by atoms with Gasteiger partial charge in [-0.15, -0.1) is 0 Å². The van der Waals surface area contributed by atoms with Gasteiger partial charge in [0.05, 0.1) is 0 Å². The lowest BCUT2D eigenvalue weighted by atomic mass is 10.0. The van der Waals surface area contributed by atoms with Crippen LogP contribution in [0.5, 0.6) is 5.75 Å². The number of rotatable bonds is 9. The van der Waals surface area contributed by atoms with Crippen LogP contribution in [-0.2, 0) is 19.6 Å². The first-order chi connectivity index (χ1) is 14.0. The molecule has 1 atom stereocenters. The Hall–Kier alpha value is -2.76. The lowest BCUT2D eigenvalue weighted by molar-refractivity contribution is 0.302. The molecule has 3 aromatic carbocycles. The molecule has 0 unspecified atom stereocenters. The molecule has 3 nitrogen and oxygen atoms in total. The monoisotopic (exact) mass is 396 g/mol. The molecule has 0 spiro atoms. The minimum atomic E-state index is -0.290. The lowest BCUT2D eigenvalue weighted by Crippen LogP contribution is -2.32. The van der Waals surface area contributed by atoms with Crippen LogP contribution in [0.1, 0.15) is 29.2 Å². The molecule has 3 aromatic rings. The standard InChI is InChI=1S/C24H26F2N2O/c1-17(14-27)28-15-19-8-9-24(29-16-20-5-3-7-23(26)13-20)21(11-19)10-18-4-2-6-22(25)12-18/h2-9,11-13,17,28H,10,14-16,27H2,1H3/t17-/m0/s1. The molecule has 0 aliphatic carbocycles. The molecule has 0 heterocycles. The number of hydrogen-bond donors (Lipinski definition) is 2. The molecule has 0 aromatic heterocycles. The maximum absolute atomic E-state index is 13.6. The van der Waals surface area contributed by atoms with Crippen molar-refractivity contribution in [2.75, 3.05) is 6.54 Å². The van der Waals surface area contributed by atoms with Crippen LogP contribution in [0.3, 0.4) is 0 Å². The number of ether oxygens (including phenoxy) is 1. The normalized spacial score (nSPS) is 12.0. The second-order valence-corrected chi connectivity index (χ2v) is 7.19. The van der Waals surface area contributed by atoms with Crippen LogP contribution in [-0.4, -0.2) is 12.6 Å². The summed E-state index contributed by atoms with van der Waals surface area (Å²) in [7, 11) is 0. The number of halogens is 2. The first kappa shape index (κ1) is 21.0. The molecule has 0 saturated heterocycles. The van der Waals surface area contributed by atoms with Crippen molar-refractivity contribution in [3.8, 4) is 5.75 Å². The SMILES string of the molecule is C[C@@H](CN)NCc1ccc(OCc2cccc(F)c2)c(Cc2cccc(F)c2)c1. The summed E-state index contributed by atoms with van der Waals surface area (Å²) in [6, 6.07) is 19.1. The van der Waals surface area contributed by atoms with Crippen LogP contribution in [0.2, 0.25) is 0 Å². The van der Waals surface area contributed by atoms with Gasteiger partial charge < -0.3 is 15.8 Å². The first-order valence-corrected chi connectivity index (χ1v) is 9.70. The molecular formula is C24H26F2N2O. The molecule has 0 amide bonds. The van der Waals surface area contributed by atoms with Gasteiger partial charge in [-0.3, -0.25) is 0 Å². The number of hydrogen-bond acceptors (Lipinski definition) is 3. The minimum Gasteiger partial charge on any atom is -0.489 e. The van der Waals surface area contributed by atoms with E-state index in [2.05, 4.69) is 11.4 Å². The van der Waals surface area contributed by atoms with Crippen molar-refractivity contribution in [3.05, 3.63) is 101 Å². The van der Waals surface area contributed by atoms with Gasteiger partial charge in [0.1, 0.15) is 24.0 Å². The van der Waals surface area contributed by atoms with E-state index in [4.69, 9.17) is 10.5 Å². The van der Waals surface area contributed by atoms with E-state index in [1.165, 1.54) is 24.3 Å². The molecule has 5 heteroatoms. The zero-order valence-corrected chi connectivity index (χ0v) is 16.5. The number of nitrogens with one attached hydrogen (secondary N) is 1. The van der Waals surface area contributed by atoms with E-state index in [-0.39, 0.29) is 24.3 Å². The van der Waals surface area contributed by atoms with E-state index in [0.29, 0.717) is 25.3 Å². The van der Waals surface area contributed by atoms with Gasteiger partial charge in [-0.1, -0.05) is 36.4 Å². The predicted octanol–water partition coefficient (Wildman–Crippen LogP) is 4.57. The molecule has 29 heavy (non-hydrogen) atoms. The average Bonchev–Trinajstić information content (AvgIpc) is 2.71. The zero-order chi connectivity index (χ0) is 20.6. The topological polar surface area (TPSA) is 47.3 Å². The number of benzene rings is 3. The third-order valence-electron chi connectivity index (χ3n) is 4.70. The summed E-state index contributed by atoms with van der Waals surface area (Å²) in [6.45, 7) is 3.53. The average molecular weight is 396 g/mol. The summed E-state index contributed by atoms with van der Waals surface area (Å²) in [4.78, 5) is 0. The van der Waals surface area contributed by atoms with Crippen molar-refractivity contribution in [2.45, 2.75) is 32.5 Å². The van der Waals surface area contributed by atoms with E-state index < -0.39 is 0 Å². The highest BCUT2D eigenvalue weighted by molar-refractivity contribution is 5.41. The maximum Gasteiger partial charge on any atom is 0.123 e. The zero-order valence-electron chi connectivity index (χ0n) is 16.5. The van der Waals surface area contributed by atoms with Gasteiger partial charge in [0.2, 0.25) is 0 Å². The minimum absolute atomic E-state index is 0.213. The molecule has 3 N–H and O–H groups in total. The molecule has 0 saturated carbocycles. The van der Waals surface area contributed by atoms with Crippen molar-refractivity contribution in [1.82, 2.24) is 5.32 Å². The van der Waals surface area contributed by atoms with Gasteiger partial charge >= 0.3 is 0 Å². The van der Waals surface area contributed by atoms with E-state index in [9.17, 15) is 8.78 Å². The summed E-state index contributed by atoms with van der Waals surface area (Å²) in [5.74, 6) is 0.148. The van der Waals surface area contributed by atoms with Crippen LogP contribution < -0.4 is 15.8 Å². The fourth-order valence-electron chi connectivity index (χ4n) is 3.05. The van der Waals surface area contributed by atoms with Crippen molar-refractivity contribution >= 4 is 0 Å². The molecular weight excluding hydrogens is 370 g/mol. The highest BCUT2D eigenvalue weighted by Gasteiger charge is 2.09. The Balaban J connectivity index is 1.80. The fourth-order valence-corrected chi connectivity index (χ4v) is 3.05. The lowest BCUT2D eigenvalue weighted by Gasteiger charge is -2.16. The molecule has 152 valence electrons. The molecule has 0 aliphatic heterocycles. The Kier molecular flexibility index (Phi) is 7.33. The first-order valence-electron chi connectivity index (χ1n) is 9.70. The summed E-state index contributed by atoms with van der Waals surface area (Å²) >= 11 is 0. The molecule has 0 aliphatic rings. The van der Waals surface area contributed by atoms with E-state index >= 15 is 0 Å². The Morgan fingerprint density at radius 2 is 1.59 bits per heavy atom. The van der Waals surface area contributed by atoms with E-state index in [1.54, 1.807) is 12.1 Å². The summed E-state index contributed by atoms with van der Waals surface area (Å²) in [5, 5.41) is 3.36.